The third kappa shape index (κ3) is 4.31. The Labute approximate surface area is 126 Å². The Morgan fingerprint density at radius 3 is 2.75 bits per heavy atom. The summed E-state index contributed by atoms with van der Waals surface area (Å²) in [5.41, 5.74) is 1.00. The third-order valence-corrected chi connectivity index (χ3v) is 4.06. The molecule has 0 radical (unpaired) electrons. The molecular weight excluding hydrogens is 294 g/mol. The van der Waals surface area contributed by atoms with E-state index in [1.165, 1.54) is 11.8 Å². The summed E-state index contributed by atoms with van der Waals surface area (Å²) in [6.45, 7) is 7.34. The van der Waals surface area contributed by atoms with Crippen LogP contribution in [0.1, 0.15) is 26.0 Å². The summed E-state index contributed by atoms with van der Waals surface area (Å²) >= 11 is 3.00. The Balaban J connectivity index is 2.18. The van der Waals surface area contributed by atoms with Crippen molar-refractivity contribution >= 4 is 29.0 Å². The normalized spacial score (nSPS) is 10.6. The molecule has 0 aromatic carbocycles. The van der Waals surface area contributed by atoms with E-state index in [1.807, 2.05) is 26.2 Å². The first-order valence-corrected chi connectivity index (χ1v) is 8.13. The molecule has 0 atom stereocenters. The molecule has 0 unspecified atom stereocenters. The standard InChI is InChI=1S/C12H17N5OS2/c1-4-6-18-10-15-9(13-5-2)16-11(17-10)20-12-14-8(3)7-19-12/h7H,4-6H2,1-3H3,(H,13,15,16,17). The molecule has 0 amide bonds. The van der Waals surface area contributed by atoms with Gasteiger partial charge in [-0.2, -0.15) is 15.0 Å². The van der Waals surface area contributed by atoms with Gasteiger partial charge in [-0.1, -0.05) is 6.92 Å². The minimum atomic E-state index is 0.355. The number of rotatable bonds is 7. The molecule has 1 N–H and O–H groups in total. The van der Waals surface area contributed by atoms with Gasteiger partial charge in [0.1, 0.15) is 0 Å². The molecule has 0 aliphatic heterocycles. The maximum Gasteiger partial charge on any atom is 0.322 e. The molecule has 2 heterocycles. The highest BCUT2D eigenvalue weighted by Gasteiger charge is 2.10. The maximum atomic E-state index is 5.49. The minimum absolute atomic E-state index is 0.355. The van der Waals surface area contributed by atoms with Crippen LogP contribution in [0.25, 0.3) is 0 Å². The second-order valence-electron chi connectivity index (χ2n) is 3.96. The van der Waals surface area contributed by atoms with Gasteiger partial charge in [-0.05, 0) is 32.0 Å². The molecule has 0 aliphatic carbocycles. The molecule has 0 aliphatic rings. The lowest BCUT2D eigenvalue weighted by molar-refractivity contribution is 0.288. The van der Waals surface area contributed by atoms with E-state index in [0.717, 1.165) is 23.0 Å². The van der Waals surface area contributed by atoms with Crippen molar-refractivity contribution in [2.45, 2.75) is 36.7 Å². The Kier molecular flexibility index (Phi) is 5.54. The second kappa shape index (κ2) is 7.39. The molecular formula is C12H17N5OS2. The highest BCUT2D eigenvalue weighted by Crippen LogP contribution is 2.28. The van der Waals surface area contributed by atoms with Crippen LogP contribution in [0, 0.1) is 6.92 Å². The van der Waals surface area contributed by atoms with Crippen LogP contribution in [0.5, 0.6) is 6.01 Å². The van der Waals surface area contributed by atoms with Crippen molar-refractivity contribution in [1.29, 1.82) is 0 Å². The zero-order valence-corrected chi connectivity index (χ0v) is 13.3. The molecule has 0 saturated carbocycles. The van der Waals surface area contributed by atoms with Gasteiger partial charge in [-0.3, -0.25) is 0 Å². The number of hydrogen-bond acceptors (Lipinski definition) is 8. The average Bonchev–Trinajstić information content (AvgIpc) is 2.82. The van der Waals surface area contributed by atoms with Gasteiger partial charge in [0.15, 0.2) is 4.34 Å². The summed E-state index contributed by atoms with van der Waals surface area (Å²) in [5.74, 6) is 0.532. The summed E-state index contributed by atoms with van der Waals surface area (Å²) in [4.78, 5) is 17.3. The van der Waals surface area contributed by atoms with Crippen LogP contribution < -0.4 is 10.1 Å². The van der Waals surface area contributed by atoms with Crippen LogP contribution in [0.4, 0.5) is 5.95 Å². The Bertz CT molecular complexity index is 561. The number of ether oxygens (including phenoxy) is 1. The van der Waals surface area contributed by atoms with E-state index in [-0.39, 0.29) is 0 Å². The second-order valence-corrected chi connectivity index (χ2v) is 6.03. The van der Waals surface area contributed by atoms with Gasteiger partial charge >= 0.3 is 6.01 Å². The lowest BCUT2D eigenvalue weighted by atomic mass is 10.5. The molecule has 0 fully saturated rings. The van der Waals surface area contributed by atoms with Crippen molar-refractivity contribution in [3.8, 4) is 6.01 Å². The van der Waals surface area contributed by atoms with Crippen LogP contribution >= 0.6 is 23.1 Å². The van der Waals surface area contributed by atoms with Crippen LogP contribution in [0.15, 0.2) is 14.9 Å². The third-order valence-electron chi connectivity index (χ3n) is 2.14. The van der Waals surface area contributed by atoms with Crippen molar-refractivity contribution < 1.29 is 4.74 Å². The largest absolute Gasteiger partial charge is 0.463 e. The number of nitrogens with zero attached hydrogens (tertiary/aromatic N) is 4. The fourth-order valence-electron chi connectivity index (χ4n) is 1.34. The van der Waals surface area contributed by atoms with Gasteiger partial charge in [0.05, 0.1) is 6.61 Å². The average molecular weight is 311 g/mol. The summed E-state index contributed by atoms with van der Waals surface area (Å²) in [6.07, 6.45) is 0.913. The lowest BCUT2D eigenvalue weighted by Crippen LogP contribution is -2.07. The zero-order valence-electron chi connectivity index (χ0n) is 11.7. The Morgan fingerprint density at radius 1 is 1.25 bits per heavy atom. The first-order valence-electron chi connectivity index (χ1n) is 6.44. The van der Waals surface area contributed by atoms with Crippen molar-refractivity contribution in [3.63, 3.8) is 0 Å². The molecule has 20 heavy (non-hydrogen) atoms. The Morgan fingerprint density at radius 2 is 2.10 bits per heavy atom. The molecule has 2 rings (SSSR count). The SMILES string of the molecule is CCCOc1nc(NCC)nc(Sc2nc(C)cs2)n1. The molecule has 2 aromatic heterocycles. The topological polar surface area (TPSA) is 72.8 Å². The number of aryl methyl sites for hydroxylation is 1. The summed E-state index contributed by atoms with van der Waals surface area (Å²) in [6, 6.07) is 0.355. The van der Waals surface area contributed by atoms with Gasteiger partial charge in [-0.25, -0.2) is 4.98 Å². The maximum absolute atomic E-state index is 5.49. The highest BCUT2D eigenvalue weighted by atomic mass is 32.2. The lowest BCUT2D eigenvalue weighted by Gasteiger charge is -2.07. The van der Waals surface area contributed by atoms with Crippen LogP contribution in [-0.4, -0.2) is 33.1 Å². The van der Waals surface area contributed by atoms with Crippen LogP contribution in [0.3, 0.4) is 0 Å². The fraction of sp³-hybridized carbons (Fsp3) is 0.500. The van der Waals surface area contributed by atoms with E-state index in [9.17, 15) is 0 Å². The number of anilines is 1. The minimum Gasteiger partial charge on any atom is -0.463 e. The Hall–Kier alpha value is -1.41. The number of thiazole rings is 1. The van der Waals surface area contributed by atoms with E-state index < -0.39 is 0 Å². The van der Waals surface area contributed by atoms with Gasteiger partial charge in [0, 0.05) is 17.6 Å². The molecule has 0 saturated heterocycles. The summed E-state index contributed by atoms with van der Waals surface area (Å²) in [7, 11) is 0. The number of aromatic nitrogens is 4. The smallest absolute Gasteiger partial charge is 0.322 e. The molecule has 0 bridgehead atoms. The highest BCUT2D eigenvalue weighted by molar-refractivity contribution is 8.00. The first kappa shape index (κ1) is 15.0. The first-order chi connectivity index (χ1) is 9.71. The monoisotopic (exact) mass is 311 g/mol. The molecule has 108 valence electrons. The van der Waals surface area contributed by atoms with E-state index >= 15 is 0 Å². The number of hydrogen-bond donors (Lipinski definition) is 1. The van der Waals surface area contributed by atoms with Crippen LogP contribution in [0.2, 0.25) is 0 Å². The van der Waals surface area contributed by atoms with Gasteiger partial charge in [-0.15, -0.1) is 11.3 Å². The molecule has 8 heteroatoms. The predicted octanol–water partition coefficient (Wildman–Crippen LogP) is 3.01. The van der Waals surface area contributed by atoms with Crippen molar-refractivity contribution in [3.05, 3.63) is 11.1 Å². The quantitative estimate of drug-likeness (QED) is 0.842. The molecule has 0 spiro atoms. The van der Waals surface area contributed by atoms with E-state index in [2.05, 4.69) is 25.3 Å². The number of nitrogens with one attached hydrogen (secondary N) is 1. The van der Waals surface area contributed by atoms with E-state index in [1.54, 1.807) is 11.3 Å². The molecule has 6 nitrogen and oxygen atoms in total. The van der Waals surface area contributed by atoms with Crippen LogP contribution in [-0.2, 0) is 0 Å². The van der Waals surface area contributed by atoms with E-state index in [4.69, 9.17) is 4.74 Å². The van der Waals surface area contributed by atoms with Crippen molar-refractivity contribution in [2.75, 3.05) is 18.5 Å². The predicted molar refractivity (Wildman–Crippen MR) is 80.8 cm³/mol. The fourth-order valence-corrected chi connectivity index (χ4v) is 3.02. The van der Waals surface area contributed by atoms with Crippen molar-refractivity contribution in [1.82, 2.24) is 19.9 Å². The summed E-state index contributed by atoms with van der Waals surface area (Å²) < 4.78 is 6.41. The van der Waals surface area contributed by atoms with Crippen molar-refractivity contribution in [2.24, 2.45) is 0 Å². The van der Waals surface area contributed by atoms with Gasteiger partial charge in [0.2, 0.25) is 11.1 Å². The van der Waals surface area contributed by atoms with Gasteiger partial charge < -0.3 is 10.1 Å². The zero-order chi connectivity index (χ0) is 14.4. The summed E-state index contributed by atoms with van der Waals surface area (Å²) in [5, 5.41) is 5.68. The van der Waals surface area contributed by atoms with Gasteiger partial charge in [0.25, 0.3) is 0 Å². The molecule has 2 aromatic rings. The van der Waals surface area contributed by atoms with E-state index in [0.29, 0.717) is 23.7 Å².